The van der Waals surface area contributed by atoms with Gasteiger partial charge in [0.15, 0.2) is 0 Å². The summed E-state index contributed by atoms with van der Waals surface area (Å²) in [4.78, 5) is 12.1. The topological polar surface area (TPSA) is 29.1 Å². The van der Waals surface area contributed by atoms with E-state index in [0.29, 0.717) is 15.7 Å². The van der Waals surface area contributed by atoms with Gasteiger partial charge in [-0.25, -0.2) is 4.39 Å². The molecule has 0 aliphatic heterocycles. The van der Waals surface area contributed by atoms with E-state index in [9.17, 15) is 9.18 Å². The van der Waals surface area contributed by atoms with Crippen molar-refractivity contribution in [1.82, 2.24) is 0 Å². The summed E-state index contributed by atoms with van der Waals surface area (Å²) in [5.41, 5.74) is 2.11. The van der Waals surface area contributed by atoms with Gasteiger partial charge in [-0.2, -0.15) is 0 Å². The van der Waals surface area contributed by atoms with E-state index in [1.54, 1.807) is 6.07 Å². The Morgan fingerprint density at radius 3 is 2.47 bits per heavy atom. The fourth-order valence-corrected chi connectivity index (χ4v) is 2.37. The Bertz CT molecular complexity index is 643. The van der Waals surface area contributed by atoms with Crippen LogP contribution in [0.2, 0.25) is 0 Å². The van der Waals surface area contributed by atoms with E-state index in [4.69, 9.17) is 0 Å². The van der Waals surface area contributed by atoms with Gasteiger partial charge >= 0.3 is 0 Å². The number of hydrogen-bond donors (Lipinski definition) is 1. The summed E-state index contributed by atoms with van der Waals surface area (Å²) in [5.74, 6) is -0.670. The third-order valence-corrected chi connectivity index (χ3v) is 4.14. The average Bonchev–Trinajstić information content (AvgIpc) is 2.33. The first-order valence-corrected chi connectivity index (χ1v) is 7.08. The molecule has 0 unspecified atom stereocenters. The van der Waals surface area contributed by atoms with Gasteiger partial charge in [0.05, 0.1) is 5.56 Å². The second-order valence-corrected chi connectivity index (χ2v) is 5.75. The van der Waals surface area contributed by atoms with Gasteiger partial charge in [-0.15, -0.1) is 0 Å². The zero-order valence-electron chi connectivity index (χ0n) is 10.0. The summed E-state index contributed by atoms with van der Waals surface area (Å²) in [5, 5.41) is 2.77. The molecule has 2 aromatic carbocycles. The maximum absolute atomic E-state index is 13.0. The van der Waals surface area contributed by atoms with Gasteiger partial charge < -0.3 is 5.32 Å². The van der Waals surface area contributed by atoms with Crippen molar-refractivity contribution in [1.29, 1.82) is 0 Å². The first kappa shape index (κ1) is 14.2. The number of halogens is 3. The monoisotopic (exact) mass is 385 g/mol. The second-order valence-electron chi connectivity index (χ2n) is 4.04. The minimum absolute atomic E-state index is 0.284. The summed E-state index contributed by atoms with van der Waals surface area (Å²) < 4.78 is 14.4. The quantitative estimate of drug-likeness (QED) is 0.780. The van der Waals surface area contributed by atoms with Crippen molar-refractivity contribution in [2.24, 2.45) is 0 Å². The first-order valence-electron chi connectivity index (χ1n) is 5.50. The van der Waals surface area contributed by atoms with E-state index in [-0.39, 0.29) is 11.7 Å². The summed E-state index contributed by atoms with van der Waals surface area (Å²) in [6.45, 7) is 1.94. The molecule has 2 rings (SSSR count). The lowest BCUT2D eigenvalue weighted by Gasteiger charge is -2.08. The molecule has 19 heavy (non-hydrogen) atoms. The molecule has 1 N–H and O–H groups in total. The van der Waals surface area contributed by atoms with E-state index < -0.39 is 0 Å². The molecule has 2 nitrogen and oxygen atoms in total. The number of carbonyl (C=O) groups is 1. The van der Waals surface area contributed by atoms with Crippen LogP contribution in [0.25, 0.3) is 0 Å². The van der Waals surface area contributed by atoms with Crippen LogP contribution in [0.1, 0.15) is 15.9 Å². The number of rotatable bonds is 2. The van der Waals surface area contributed by atoms with Crippen LogP contribution in [0, 0.1) is 12.7 Å². The third-order valence-electron chi connectivity index (χ3n) is 2.59. The minimum atomic E-state index is -0.386. The van der Waals surface area contributed by atoms with Gasteiger partial charge in [0, 0.05) is 14.6 Å². The van der Waals surface area contributed by atoms with Crippen LogP contribution in [0.3, 0.4) is 0 Å². The molecule has 0 saturated heterocycles. The highest BCUT2D eigenvalue weighted by Crippen LogP contribution is 2.22. The fourth-order valence-electron chi connectivity index (χ4n) is 1.59. The Morgan fingerprint density at radius 2 is 1.84 bits per heavy atom. The molecule has 0 aliphatic rings. The van der Waals surface area contributed by atoms with Crippen LogP contribution < -0.4 is 5.32 Å². The molecule has 1 amide bonds. The number of hydrogen-bond acceptors (Lipinski definition) is 1. The zero-order chi connectivity index (χ0) is 14.0. The number of benzene rings is 2. The van der Waals surface area contributed by atoms with Gasteiger partial charge in [0.1, 0.15) is 5.82 Å². The Kier molecular flexibility index (Phi) is 4.37. The van der Waals surface area contributed by atoms with Crippen molar-refractivity contribution in [2.45, 2.75) is 6.92 Å². The Hall–Kier alpha value is -1.20. The molecule has 0 heterocycles. The Labute approximate surface area is 127 Å². The van der Waals surface area contributed by atoms with Crippen molar-refractivity contribution >= 4 is 43.5 Å². The van der Waals surface area contributed by atoms with Crippen LogP contribution in [0.15, 0.2) is 45.3 Å². The summed E-state index contributed by atoms with van der Waals surface area (Å²) in [7, 11) is 0. The number of nitrogens with one attached hydrogen (secondary N) is 1. The average molecular weight is 387 g/mol. The number of carbonyl (C=O) groups excluding carboxylic acids is 1. The van der Waals surface area contributed by atoms with Crippen LogP contribution in [0.4, 0.5) is 10.1 Å². The van der Waals surface area contributed by atoms with E-state index in [2.05, 4.69) is 37.2 Å². The second kappa shape index (κ2) is 5.84. The van der Waals surface area contributed by atoms with Crippen molar-refractivity contribution in [2.75, 3.05) is 5.32 Å². The first-order chi connectivity index (χ1) is 8.97. The Balaban J connectivity index is 2.23. The molecular formula is C14H10Br2FNO. The van der Waals surface area contributed by atoms with Crippen LogP contribution >= 0.6 is 31.9 Å². The predicted molar refractivity (Wildman–Crippen MR) is 80.9 cm³/mol. The van der Waals surface area contributed by atoms with Gasteiger partial charge in [-0.1, -0.05) is 15.9 Å². The molecule has 0 atom stereocenters. The van der Waals surface area contributed by atoms with Gasteiger partial charge in [0.2, 0.25) is 0 Å². The predicted octanol–water partition coefficient (Wildman–Crippen LogP) is 4.91. The third kappa shape index (κ3) is 3.42. The summed E-state index contributed by atoms with van der Waals surface area (Å²) >= 11 is 6.58. The molecule has 0 radical (unpaired) electrons. The molecule has 0 aliphatic carbocycles. The number of amides is 1. The van der Waals surface area contributed by atoms with Crippen molar-refractivity contribution in [3.63, 3.8) is 0 Å². The molecular weight excluding hydrogens is 377 g/mol. The Morgan fingerprint density at radius 1 is 1.11 bits per heavy atom. The lowest BCUT2D eigenvalue weighted by atomic mass is 10.2. The summed E-state index contributed by atoms with van der Waals surface area (Å²) in [6.07, 6.45) is 0. The maximum Gasteiger partial charge on any atom is 0.256 e. The lowest BCUT2D eigenvalue weighted by molar-refractivity contribution is 0.102. The summed E-state index contributed by atoms with van der Waals surface area (Å²) in [6, 6.07) is 9.49. The van der Waals surface area contributed by atoms with Crippen molar-refractivity contribution < 1.29 is 9.18 Å². The van der Waals surface area contributed by atoms with Gasteiger partial charge in [-0.05, 0) is 64.8 Å². The largest absolute Gasteiger partial charge is 0.322 e. The zero-order valence-corrected chi connectivity index (χ0v) is 13.2. The molecule has 0 spiro atoms. The highest BCUT2D eigenvalue weighted by molar-refractivity contribution is 9.10. The number of aryl methyl sites for hydroxylation is 1. The fraction of sp³-hybridized carbons (Fsp3) is 0.0714. The van der Waals surface area contributed by atoms with Crippen LogP contribution in [0.5, 0.6) is 0 Å². The van der Waals surface area contributed by atoms with Gasteiger partial charge in [-0.3, -0.25) is 4.79 Å². The van der Waals surface area contributed by atoms with Gasteiger partial charge in [0.25, 0.3) is 5.91 Å². The number of anilines is 1. The standard InChI is InChI=1S/C14H10Br2FNO/c1-8-6-10(3-5-12(8)15)18-14(19)11-4-2-9(17)7-13(11)16/h2-7H,1H3,(H,18,19). The maximum atomic E-state index is 13.0. The lowest BCUT2D eigenvalue weighted by Crippen LogP contribution is -2.12. The van der Waals surface area contributed by atoms with E-state index in [1.807, 2.05) is 19.1 Å². The molecule has 5 heteroatoms. The smallest absolute Gasteiger partial charge is 0.256 e. The highest BCUT2D eigenvalue weighted by atomic mass is 79.9. The molecule has 0 aromatic heterocycles. The van der Waals surface area contributed by atoms with E-state index >= 15 is 0 Å². The highest BCUT2D eigenvalue weighted by Gasteiger charge is 2.11. The molecule has 0 saturated carbocycles. The molecule has 98 valence electrons. The molecule has 0 fully saturated rings. The minimum Gasteiger partial charge on any atom is -0.322 e. The van der Waals surface area contributed by atoms with E-state index in [0.717, 1.165) is 10.0 Å². The van der Waals surface area contributed by atoms with E-state index in [1.165, 1.54) is 18.2 Å². The van der Waals surface area contributed by atoms with Crippen molar-refractivity contribution in [3.8, 4) is 0 Å². The molecule has 2 aromatic rings. The molecule has 0 bridgehead atoms. The SMILES string of the molecule is Cc1cc(NC(=O)c2ccc(F)cc2Br)ccc1Br. The normalized spacial score (nSPS) is 10.3. The van der Waals surface area contributed by atoms with Crippen LogP contribution in [-0.4, -0.2) is 5.91 Å². The van der Waals surface area contributed by atoms with Crippen molar-refractivity contribution in [3.05, 3.63) is 62.3 Å². The van der Waals surface area contributed by atoms with Crippen LogP contribution in [-0.2, 0) is 0 Å².